The first-order valence-corrected chi connectivity index (χ1v) is 8.25. The SMILES string of the molecule is CCCNC(c1cc2c(cc1Br)OCCCO2)C(C)C. The predicted octanol–water partition coefficient (Wildman–Crippen LogP) is 4.31. The number of fused-ring (bicyclic) bond motifs is 1. The van der Waals surface area contributed by atoms with Gasteiger partial charge in [-0.05, 0) is 36.6 Å². The van der Waals surface area contributed by atoms with Gasteiger partial charge in [0.25, 0.3) is 0 Å². The van der Waals surface area contributed by atoms with Crippen molar-refractivity contribution in [3.05, 3.63) is 22.2 Å². The first-order chi connectivity index (χ1) is 9.63. The fourth-order valence-corrected chi connectivity index (χ4v) is 3.01. The molecule has 0 radical (unpaired) electrons. The van der Waals surface area contributed by atoms with Gasteiger partial charge in [0.1, 0.15) is 0 Å². The largest absolute Gasteiger partial charge is 0.490 e. The number of hydrogen-bond donors (Lipinski definition) is 1. The molecular formula is C16H24BrNO2. The van der Waals surface area contributed by atoms with Crippen LogP contribution in [0.1, 0.15) is 45.2 Å². The number of rotatable bonds is 5. The van der Waals surface area contributed by atoms with Gasteiger partial charge in [-0.15, -0.1) is 0 Å². The molecule has 1 aliphatic rings. The minimum Gasteiger partial charge on any atom is -0.490 e. The first kappa shape index (κ1) is 15.6. The summed E-state index contributed by atoms with van der Waals surface area (Å²) in [7, 11) is 0. The van der Waals surface area contributed by atoms with E-state index in [1.807, 2.05) is 6.07 Å². The highest BCUT2D eigenvalue weighted by atomic mass is 79.9. The van der Waals surface area contributed by atoms with Gasteiger partial charge in [-0.2, -0.15) is 0 Å². The van der Waals surface area contributed by atoms with Gasteiger partial charge in [-0.3, -0.25) is 0 Å². The summed E-state index contributed by atoms with van der Waals surface area (Å²) in [6.45, 7) is 9.13. The van der Waals surface area contributed by atoms with Crippen LogP contribution < -0.4 is 14.8 Å². The molecule has 0 saturated carbocycles. The highest BCUT2D eigenvalue weighted by molar-refractivity contribution is 9.10. The number of benzene rings is 1. The monoisotopic (exact) mass is 341 g/mol. The van der Waals surface area contributed by atoms with E-state index in [-0.39, 0.29) is 0 Å². The van der Waals surface area contributed by atoms with Crippen LogP contribution in [-0.4, -0.2) is 19.8 Å². The summed E-state index contributed by atoms with van der Waals surface area (Å²) in [6, 6.07) is 4.48. The second kappa shape index (κ2) is 7.32. The van der Waals surface area contributed by atoms with Crippen LogP contribution in [0.15, 0.2) is 16.6 Å². The van der Waals surface area contributed by atoms with Crippen molar-refractivity contribution in [3.8, 4) is 11.5 Å². The maximum atomic E-state index is 5.80. The van der Waals surface area contributed by atoms with Gasteiger partial charge in [0, 0.05) is 16.9 Å². The Kier molecular flexibility index (Phi) is 5.73. The Hall–Kier alpha value is -0.740. The molecular weight excluding hydrogens is 318 g/mol. The van der Waals surface area contributed by atoms with E-state index in [2.05, 4.69) is 48.1 Å². The summed E-state index contributed by atoms with van der Waals surface area (Å²) in [5.41, 5.74) is 1.25. The Morgan fingerprint density at radius 1 is 1.20 bits per heavy atom. The lowest BCUT2D eigenvalue weighted by molar-refractivity contribution is 0.296. The molecule has 4 heteroatoms. The minimum atomic E-state index is 0.321. The van der Waals surface area contributed by atoms with E-state index in [4.69, 9.17) is 9.47 Å². The quantitative estimate of drug-likeness (QED) is 0.865. The second-order valence-corrected chi connectivity index (χ2v) is 6.40. The Morgan fingerprint density at radius 2 is 1.85 bits per heavy atom. The molecule has 2 rings (SSSR count). The van der Waals surface area contributed by atoms with Gasteiger partial charge in [0.05, 0.1) is 13.2 Å². The van der Waals surface area contributed by atoms with Crippen molar-refractivity contribution < 1.29 is 9.47 Å². The highest BCUT2D eigenvalue weighted by Gasteiger charge is 2.21. The molecule has 0 spiro atoms. The van der Waals surface area contributed by atoms with Crippen molar-refractivity contribution in [3.63, 3.8) is 0 Å². The molecule has 1 N–H and O–H groups in total. The molecule has 0 amide bonds. The maximum Gasteiger partial charge on any atom is 0.162 e. The standard InChI is InChI=1S/C16H24BrNO2/c1-4-6-18-16(11(2)3)12-9-14-15(10-13(12)17)20-8-5-7-19-14/h9-11,16,18H,4-8H2,1-3H3. The van der Waals surface area contributed by atoms with Crippen LogP contribution in [0.4, 0.5) is 0 Å². The molecule has 112 valence electrons. The Morgan fingerprint density at radius 3 is 2.45 bits per heavy atom. The van der Waals surface area contributed by atoms with Crippen molar-refractivity contribution in [2.45, 2.75) is 39.7 Å². The lowest BCUT2D eigenvalue weighted by Crippen LogP contribution is -2.26. The van der Waals surface area contributed by atoms with Crippen LogP contribution in [0.3, 0.4) is 0 Å². The molecule has 1 heterocycles. The van der Waals surface area contributed by atoms with Crippen LogP contribution in [0.25, 0.3) is 0 Å². The van der Waals surface area contributed by atoms with E-state index in [1.165, 1.54) is 5.56 Å². The third-order valence-corrected chi connectivity index (χ3v) is 4.17. The number of nitrogens with one attached hydrogen (secondary N) is 1. The van der Waals surface area contributed by atoms with Gasteiger partial charge < -0.3 is 14.8 Å². The van der Waals surface area contributed by atoms with E-state index in [0.717, 1.165) is 48.6 Å². The van der Waals surface area contributed by atoms with Gasteiger partial charge in [-0.1, -0.05) is 36.7 Å². The Bertz CT molecular complexity index is 448. The second-order valence-electron chi connectivity index (χ2n) is 5.55. The zero-order valence-electron chi connectivity index (χ0n) is 12.5. The van der Waals surface area contributed by atoms with E-state index in [1.54, 1.807) is 0 Å². The molecule has 0 bridgehead atoms. The third-order valence-electron chi connectivity index (χ3n) is 3.48. The number of hydrogen-bond acceptors (Lipinski definition) is 3. The molecule has 1 aromatic carbocycles. The fourth-order valence-electron chi connectivity index (χ4n) is 2.44. The van der Waals surface area contributed by atoms with E-state index in [9.17, 15) is 0 Å². The number of ether oxygens (including phenoxy) is 2. The van der Waals surface area contributed by atoms with Crippen molar-refractivity contribution in [1.29, 1.82) is 0 Å². The molecule has 1 aliphatic heterocycles. The molecule has 0 aromatic heterocycles. The van der Waals surface area contributed by atoms with Crippen LogP contribution >= 0.6 is 15.9 Å². The maximum absolute atomic E-state index is 5.80. The van der Waals surface area contributed by atoms with Crippen LogP contribution in [0, 0.1) is 5.92 Å². The molecule has 0 aliphatic carbocycles. The summed E-state index contributed by atoms with van der Waals surface area (Å²) in [4.78, 5) is 0. The normalized spacial score (nSPS) is 16.1. The van der Waals surface area contributed by atoms with Crippen molar-refractivity contribution in [2.24, 2.45) is 5.92 Å². The average Bonchev–Trinajstić information content (AvgIpc) is 2.63. The molecule has 3 nitrogen and oxygen atoms in total. The molecule has 1 atom stereocenters. The fraction of sp³-hybridized carbons (Fsp3) is 0.625. The first-order valence-electron chi connectivity index (χ1n) is 7.46. The lowest BCUT2D eigenvalue weighted by atomic mass is 9.95. The van der Waals surface area contributed by atoms with Gasteiger partial charge in [0.2, 0.25) is 0 Å². The summed E-state index contributed by atoms with van der Waals surface area (Å²) >= 11 is 3.69. The lowest BCUT2D eigenvalue weighted by Gasteiger charge is -2.25. The van der Waals surface area contributed by atoms with E-state index in [0.29, 0.717) is 12.0 Å². The number of halogens is 1. The topological polar surface area (TPSA) is 30.5 Å². The Labute approximate surface area is 130 Å². The molecule has 1 aromatic rings. The summed E-state index contributed by atoms with van der Waals surface area (Å²) in [5.74, 6) is 2.23. The van der Waals surface area contributed by atoms with E-state index >= 15 is 0 Å². The van der Waals surface area contributed by atoms with E-state index < -0.39 is 0 Å². The van der Waals surface area contributed by atoms with Crippen molar-refractivity contribution in [2.75, 3.05) is 19.8 Å². The van der Waals surface area contributed by atoms with Crippen molar-refractivity contribution in [1.82, 2.24) is 5.32 Å². The molecule has 20 heavy (non-hydrogen) atoms. The molecule has 0 saturated heterocycles. The predicted molar refractivity (Wildman–Crippen MR) is 85.6 cm³/mol. The van der Waals surface area contributed by atoms with Crippen LogP contribution in [0.5, 0.6) is 11.5 Å². The van der Waals surface area contributed by atoms with Gasteiger partial charge in [-0.25, -0.2) is 0 Å². The smallest absolute Gasteiger partial charge is 0.162 e. The molecule has 1 unspecified atom stereocenters. The highest BCUT2D eigenvalue weighted by Crippen LogP contribution is 2.39. The minimum absolute atomic E-state index is 0.321. The summed E-state index contributed by atoms with van der Waals surface area (Å²) < 4.78 is 12.6. The van der Waals surface area contributed by atoms with Crippen molar-refractivity contribution >= 4 is 15.9 Å². The zero-order valence-corrected chi connectivity index (χ0v) is 14.1. The molecule has 0 fully saturated rings. The zero-order chi connectivity index (χ0) is 14.5. The summed E-state index contributed by atoms with van der Waals surface area (Å²) in [6.07, 6.45) is 2.06. The Balaban J connectivity index is 2.31. The average molecular weight is 342 g/mol. The van der Waals surface area contributed by atoms with Gasteiger partial charge in [0.15, 0.2) is 11.5 Å². The third kappa shape index (κ3) is 3.67. The van der Waals surface area contributed by atoms with Crippen LogP contribution in [0.2, 0.25) is 0 Å². The summed E-state index contributed by atoms with van der Waals surface area (Å²) in [5, 5.41) is 3.62. The van der Waals surface area contributed by atoms with Crippen LogP contribution in [-0.2, 0) is 0 Å². The van der Waals surface area contributed by atoms with Gasteiger partial charge >= 0.3 is 0 Å².